The van der Waals surface area contributed by atoms with Crippen molar-refractivity contribution in [2.24, 2.45) is 5.92 Å². The van der Waals surface area contributed by atoms with Crippen molar-refractivity contribution in [2.45, 2.75) is 19.9 Å². The van der Waals surface area contributed by atoms with Crippen LogP contribution in [0.4, 0.5) is 0 Å². The van der Waals surface area contributed by atoms with Crippen LogP contribution in [-0.4, -0.2) is 34.0 Å². The van der Waals surface area contributed by atoms with Gasteiger partial charge in [-0.2, -0.15) is 0 Å². The summed E-state index contributed by atoms with van der Waals surface area (Å²) >= 11 is 0. The number of amides is 1. The van der Waals surface area contributed by atoms with Crippen LogP contribution in [0.25, 0.3) is 10.9 Å². The molecule has 2 N–H and O–H groups in total. The summed E-state index contributed by atoms with van der Waals surface area (Å²) in [6.45, 7) is 3.14. The number of benzene rings is 2. The van der Waals surface area contributed by atoms with Gasteiger partial charge in [0.15, 0.2) is 0 Å². The van der Waals surface area contributed by atoms with Crippen LogP contribution in [0.5, 0.6) is 0 Å². The molecule has 0 aliphatic rings. The number of fused-ring (bicyclic) bond motifs is 1. The Bertz CT molecular complexity index is 826. The first-order valence-electron chi connectivity index (χ1n) is 8.65. The Morgan fingerprint density at radius 1 is 1.12 bits per heavy atom. The summed E-state index contributed by atoms with van der Waals surface area (Å²) in [6.07, 6.45) is 2.27. The summed E-state index contributed by atoms with van der Waals surface area (Å²) in [5, 5.41) is 10.5. The highest BCUT2D eigenvalue weighted by molar-refractivity contribution is 5.88. The van der Waals surface area contributed by atoms with Crippen molar-refractivity contribution >= 4 is 16.8 Å². The molecule has 0 spiro atoms. The Morgan fingerprint density at radius 3 is 2.60 bits per heavy atom. The van der Waals surface area contributed by atoms with Gasteiger partial charge in [0, 0.05) is 36.8 Å². The summed E-state index contributed by atoms with van der Waals surface area (Å²) in [5.41, 5.74) is 3.15. The fourth-order valence-corrected chi connectivity index (χ4v) is 3.04. The third kappa shape index (κ3) is 4.28. The molecule has 0 radical (unpaired) electrons. The van der Waals surface area contributed by atoms with Gasteiger partial charge in [0.1, 0.15) is 0 Å². The van der Waals surface area contributed by atoms with Crippen LogP contribution in [0.1, 0.15) is 18.1 Å². The minimum absolute atomic E-state index is 0.0515. The number of H-pyrrole nitrogens is 1. The van der Waals surface area contributed by atoms with Gasteiger partial charge in [-0.25, -0.2) is 0 Å². The molecule has 0 saturated carbocycles. The monoisotopic (exact) mass is 336 g/mol. The van der Waals surface area contributed by atoms with Crippen molar-refractivity contribution in [3.8, 4) is 0 Å². The van der Waals surface area contributed by atoms with Crippen LogP contribution < -0.4 is 0 Å². The second-order valence-electron chi connectivity index (χ2n) is 6.58. The molecule has 0 aliphatic carbocycles. The van der Waals surface area contributed by atoms with E-state index in [0.717, 1.165) is 22.0 Å². The molecule has 1 heterocycles. The number of carbonyl (C=O) groups is 1. The molecule has 2 aromatic carbocycles. The van der Waals surface area contributed by atoms with Gasteiger partial charge in [-0.3, -0.25) is 4.79 Å². The van der Waals surface area contributed by atoms with Gasteiger partial charge in [-0.1, -0.05) is 55.5 Å². The number of hydrogen-bond acceptors (Lipinski definition) is 2. The summed E-state index contributed by atoms with van der Waals surface area (Å²) in [4.78, 5) is 18.0. The molecule has 4 heteroatoms. The SMILES string of the molecule is C[C@@H](CO)CN(Cc1ccccc1)C(=O)Cc1c[nH]c2ccccc12. The Hall–Kier alpha value is -2.59. The van der Waals surface area contributed by atoms with Crippen molar-refractivity contribution in [3.05, 3.63) is 71.9 Å². The lowest BCUT2D eigenvalue weighted by molar-refractivity contribution is -0.131. The molecule has 1 amide bonds. The lowest BCUT2D eigenvalue weighted by Gasteiger charge is -2.25. The van der Waals surface area contributed by atoms with Gasteiger partial charge in [0.2, 0.25) is 5.91 Å². The van der Waals surface area contributed by atoms with E-state index in [4.69, 9.17) is 0 Å². The van der Waals surface area contributed by atoms with E-state index in [1.165, 1.54) is 0 Å². The van der Waals surface area contributed by atoms with Gasteiger partial charge in [0.05, 0.1) is 6.42 Å². The number of aliphatic hydroxyl groups is 1. The largest absolute Gasteiger partial charge is 0.396 e. The highest BCUT2D eigenvalue weighted by Gasteiger charge is 2.18. The first-order chi connectivity index (χ1) is 12.2. The zero-order valence-corrected chi connectivity index (χ0v) is 14.5. The second-order valence-corrected chi connectivity index (χ2v) is 6.58. The van der Waals surface area contributed by atoms with E-state index in [1.807, 2.05) is 72.6 Å². The van der Waals surface area contributed by atoms with Crippen LogP contribution >= 0.6 is 0 Å². The molecule has 25 heavy (non-hydrogen) atoms. The second kappa shape index (κ2) is 7.99. The molecule has 3 aromatic rings. The normalized spacial score (nSPS) is 12.2. The number of carbonyl (C=O) groups excluding carboxylic acids is 1. The maximum Gasteiger partial charge on any atom is 0.227 e. The minimum atomic E-state index is 0.0515. The zero-order chi connectivity index (χ0) is 17.6. The molecule has 0 fully saturated rings. The van der Waals surface area contributed by atoms with Crippen LogP contribution in [0.3, 0.4) is 0 Å². The fraction of sp³-hybridized carbons (Fsp3) is 0.286. The topological polar surface area (TPSA) is 56.3 Å². The molecule has 0 aliphatic heterocycles. The summed E-state index contributed by atoms with van der Waals surface area (Å²) < 4.78 is 0. The van der Waals surface area contributed by atoms with E-state index in [1.54, 1.807) is 0 Å². The number of nitrogens with zero attached hydrogens (tertiary/aromatic N) is 1. The standard InChI is InChI=1S/C21H24N2O2/c1-16(15-24)13-23(14-17-7-3-2-4-8-17)21(25)11-18-12-22-20-10-6-5-9-19(18)20/h2-10,12,16,22,24H,11,13-15H2,1H3/t16-/m1/s1. The minimum Gasteiger partial charge on any atom is -0.396 e. The first-order valence-corrected chi connectivity index (χ1v) is 8.65. The van der Waals surface area contributed by atoms with E-state index in [0.29, 0.717) is 19.5 Å². The molecule has 4 nitrogen and oxygen atoms in total. The molecule has 1 atom stereocenters. The van der Waals surface area contributed by atoms with Crippen LogP contribution in [0, 0.1) is 5.92 Å². The van der Waals surface area contributed by atoms with E-state index >= 15 is 0 Å². The molecule has 3 rings (SSSR count). The molecule has 0 bridgehead atoms. The van der Waals surface area contributed by atoms with E-state index in [9.17, 15) is 9.90 Å². The summed E-state index contributed by atoms with van der Waals surface area (Å²) in [7, 11) is 0. The Balaban J connectivity index is 1.78. The van der Waals surface area contributed by atoms with Crippen molar-refractivity contribution in [1.29, 1.82) is 0 Å². The van der Waals surface area contributed by atoms with Crippen molar-refractivity contribution in [1.82, 2.24) is 9.88 Å². The van der Waals surface area contributed by atoms with Gasteiger partial charge in [0.25, 0.3) is 0 Å². The van der Waals surface area contributed by atoms with E-state index < -0.39 is 0 Å². The molecule has 0 unspecified atom stereocenters. The fourth-order valence-electron chi connectivity index (χ4n) is 3.04. The van der Waals surface area contributed by atoms with E-state index in [2.05, 4.69) is 4.98 Å². The smallest absolute Gasteiger partial charge is 0.227 e. The summed E-state index contributed by atoms with van der Waals surface area (Å²) in [5.74, 6) is 0.129. The molecule has 130 valence electrons. The van der Waals surface area contributed by atoms with Crippen molar-refractivity contribution in [2.75, 3.05) is 13.2 Å². The highest BCUT2D eigenvalue weighted by atomic mass is 16.3. The number of aliphatic hydroxyl groups excluding tert-OH is 1. The third-order valence-corrected chi connectivity index (χ3v) is 4.43. The molecular formula is C21H24N2O2. The van der Waals surface area contributed by atoms with Crippen molar-refractivity contribution in [3.63, 3.8) is 0 Å². The maximum atomic E-state index is 12.9. The number of nitrogens with one attached hydrogen (secondary N) is 1. The van der Waals surface area contributed by atoms with Gasteiger partial charge >= 0.3 is 0 Å². The first kappa shape index (κ1) is 17.2. The quantitative estimate of drug-likeness (QED) is 0.695. The predicted molar refractivity (Wildman–Crippen MR) is 100 cm³/mol. The maximum absolute atomic E-state index is 12.9. The zero-order valence-electron chi connectivity index (χ0n) is 14.5. The summed E-state index contributed by atoms with van der Waals surface area (Å²) in [6, 6.07) is 18.0. The number of aromatic amines is 1. The third-order valence-electron chi connectivity index (χ3n) is 4.43. The number of para-hydroxylation sites is 1. The van der Waals surface area contributed by atoms with E-state index in [-0.39, 0.29) is 18.4 Å². The Labute approximate surface area is 148 Å². The van der Waals surface area contributed by atoms with Gasteiger partial charge in [-0.05, 0) is 23.1 Å². The molecule has 0 saturated heterocycles. The Morgan fingerprint density at radius 2 is 1.84 bits per heavy atom. The average molecular weight is 336 g/mol. The number of aromatic nitrogens is 1. The van der Waals surface area contributed by atoms with Crippen LogP contribution in [-0.2, 0) is 17.8 Å². The van der Waals surface area contributed by atoms with Gasteiger partial charge < -0.3 is 15.0 Å². The molecule has 1 aromatic heterocycles. The van der Waals surface area contributed by atoms with Crippen molar-refractivity contribution < 1.29 is 9.90 Å². The number of rotatable bonds is 7. The molecular weight excluding hydrogens is 312 g/mol. The lowest BCUT2D eigenvalue weighted by atomic mass is 10.1. The number of hydrogen-bond donors (Lipinski definition) is 2. The highest BCUT2D eigenvalue weighted by Crippen LogP contribution is 2.19. The van der Waals surface area contributed by atoms with Gasteiger partial charge in [-0.15, -0.1) is 0 Å². The average Bonchev–Trinajstić information content (AvgIpc) is 3.05. The van der Waals surface area contributed by atoms with Crippen LogP contribution in [0.2, 0.25) is 0 Å². The Kier molecular flexibility index (Phi) is 5.51. The lowest BCUT2D eigenvalue weighted by Crippen LogP contribution is -2.36. The predicted octanol–water partition coefficient (Wildman–Crippen LogP) is 3.37. The van der Waals surface area contributed by atoms with Crippen LogP contribution in [0.15, 0.2) is 60.8 Å².